The van der Waals surface area contributed by atoms with Gasteiger partial charge in [-0.3, -0.25) is 0 Å². The van der Waals surface area contributed by atoms with E-state index in [0.717, 1.165) is 0 Å². The molecule has 0 N–H and O–H groups in total. The summed E-state index contributed by atoms with van der Waals surface area (Å²) in [6, 6.07) is 14.9. The van der Waals surface area contributed by atoms with Crippen molar-refractivity contribution >= 4 is 17.2 Å². The van der Waals surface area contributed by atoms with Gasteiger partial charge in [-0.2, -0.15) is 4.57 Å². The summed E-state index contributed by atoms with van der Waals surface area (Å²) >= 11 is 0. The summed E-state index contributed by atoms with van der Waals surface area (Å²) < 4.78 is 10.1. The average molecular weight is 277 g/mol. The van der Waals surface area contributed by atoms with E-state index in [1.807, 2.05) is 6.20 Å². The predicted octanol–water partition coefficient (Wildman–Crippen LogP) is 3.40. The Kier molecular flexibility index (Phi) is 2.61. The number of para-hydroxylation sites is 1. The van der Waals surface area contributed by atoms with Crippen LogP contribution >= 0.6 is 0 Å². The highest BCUT2D eigenvalue weighted by Gasteiger charge is 2.27. The van der Waals surface area contributed by atoms with Gasteiger partial charge in [-0.15, -0.1) is 0 Å². The SMILES string of the molecule is Cc1ccccc1-c1n(C)c2cccc3c2[n+]1C=COC3. The molecule has 1 aliphatic rings. The van der Waals surface area contributed by atoms with Crippen molar-refractivity contribution in [3.8, 4) is 11.4 Å². The molecule has 0 bridgehead atoms. The van der Waals surface area contributed by atoms with E-state index in [2.05, 4.69) is 65.6 Å². The molecule has 0 radical (unpaired) electrons. The molecule has 0 amide bonds. The van der Waals surface area contributed by atoms with Gasteiger partial charge in [0.1, 0.15) is 19.1 Å². The van der Waals surface area contributed by atoms with Gasteiger partial charge in [0.25, 0.3) is 5.82 Å². The fourth-order valence-corrected chi connectivity index (χ4v) is 3.15. The molecule has 0 unspecified atom stereocenters. The third-order valence-corrected chi connectivity index (χ3v) is 4.18. The molecular weight excluding hydrogens is 260 g/mol. The quantitative estimate of drug-likeness (QED) is 0.623. The highest BCUT2D eigenvalue weighted by Crippen LogP contribution is 2.27. The number of hydrogen-bond donors (Lipinski definition) is 0. The second-order valence-corrected chi connectivity index (χ2v) is 5.45. The zero-order valence-electron chi connectivity index (χ0n) is 12.2. The van der Waals surface area contributed by atoms with E-state index in [1.165, 1.54) is 33.5 Å². The molecule has 0 aliphatic carbocycles. The molecule has 4 rings (SSSR count). The van der Waals surface area contributed by atoms with Crippen molar-refractivity contribution in [2.45, 2.75) is 13.5 Å². The minimum Gasteiger partial charge on any atom is -0.493 e. The summed E-state index contributed by atoms with van der Waals surface area (Å²) in [5.41, 5.74) is 6.18. The molecule has 0 saturated carbocycles. The van der Waals surface area contributed by atoms with Crippen molar-refractivity contribution < 1.29 is 9.30 Å². The maximum absolute atomic E-state index is 5.58. The third kappa shape index (κ3) is 1.70. The summed E-state index contributed by atoms with van der Waals surface area (Å²) in [5.74, 6) is 1.18. The van der Waals surface area contributed by atoms with Crippen LogP contribution in [0.4, 0.5) is 0 Å². The van der Waals surface area contributed by atoms with E-state index in [0.29, 0.717) is 6.61 Å². The summed E-state index contributed by atoms with van der Waals surface area (Å²) in [6.07, 6.45) is 3.79. The van der Waals surface area contributed by atoms with Gasteiger partial charge in [-0.05, 0) is 24.6 Å². The van der Waals surface area contributed by atoms with Crippen molar-refractivity contribution in [1.82, 2.24) is 4.57 Å². The largest absolute Gasteiger partial charge is 0.493 e. The summed E-state index contributed by atoms with van der Waals surface area (Å²) in [5, 5.41) is 0. The number of ether oxygens (including phenoxy) is 1. The Morgan fingerprint density at radius 2 is 1.95 bits per heavy atom. The molecule has 0 atom stereocenters. The Balaban J connectivity index is 2.17. The van der Waals surface area contributed by atoms with Crippen LogP contribution in [0.1, 0.15) is 11.1 Å². The normalized spacial score (nSPS) is 13.2. The van der Waals surface area contributed by atoms with Crippen LogP contribution < -0.4 is 4.57 Å². The van der Waals surface area contributed by atoms with Crippen LogP contribution in [0.3, 0.4) is 0 Å². The van der Waals surface area contributed by atoms with Crippen LogP contribution in [0.5, 0.6) is 0 Å². The minimum atomic E-state index is 0.616. The second kappa shape index (κ2) is 4.48. The lowest BCUT2D eigenvalue weighted by Gasteiger charge is -2.02. The van der Waals surface area contributed by atoms with Crippen LogP contribution in [0.15, 0.2) is 48.7 Å². The molecule has 3 aromatic rings. The van der Waals surface area contributed by atoms with Crippen molar-refractivity contribution in [3.05, 3.63) is 59.9 Å². The van der Waals surface area contributed by atoms with Gasteiger partial charge in [0.2, 0.25) is 0 Å². The molecule has 3 nitrogen and oxygen atoms in total. The van der Waals surface area contributed by atoms with Crippen LogP contribution in [-0.4, -0.2) is 4.57 Å². The highest BCUT2D eigenvalue weighted by molar-refractivity contribution is 5.80. The molecular formula is C18H17N2O+. The van der Waals surface area contributed by atoms with Gasteiger partial charge in [-0.25, -0.2) is 4.57 Å². The molecule has 0 fully saturated rings. The molecule has 1 aromatic heterocycles. The van der Waals surface area contributed by atoms with Crippen molar-refractivity contribution in [2.24, 2.45) is 7.05 Å². The lowest BCUT2D eigenvalue weighted by molar-refractivity contribution is -0.527. The summed E-state index contributed by atoms with van der Waals surface area (Å²) in [6.45, 7) is 2.77. The van der Waals surface area contributed by atoms with Crippen molar-refractivity contribution in [2.75, 3.05) is 0 Å². The predicted molar refractivity (Wildman–Crippen MR) is 83.4 cm³/mol. The Hall–Kier alpha value is -2.55. The molecule has 0 spiro atoms. The first kappa shape index (κ1) is 12.2. The van der Waals surface area contributed by atoms with E-state index < -0.39 is 0 Å². The lowest BCUT2D eigenvalue weighted by atomic mass is 10.1. The first-order valence-corrected chi connectivity index (χ1v) is 7.13. The summed E-state index contributed by atoms with van der Waals surface area (Å²) in [4.78, 5) is 0. The first-order chi connectivity index (χ1) is 10.3. The fraction of sp³-hybridized carbons (Fsp3) is 0.167. The second-order valence-electron chi connectivity index (χ2n) is 5.45. The van der Waals surface area contributed by atoms with E-state index in [1.54, 1.807) is 6.26 Å². The Bertz CT molecular complexity index is 874. The summed E-state index contributed by atoms with van der Waals surface area (Å²) in [7, 11) is 2.13. The zero-order valence-corrected chi connectivity index (χ0v) is 12.2. The van der Waals surface area contributed by atoms with Crippen molar-refractivity contribution in [1.29, 1.82) is 0 Å². The third-order valence-electron chi connectivity index (χ3n) is 4.18. The number of imidazole rings is 1. The van der Waals surface area contributed by atoms with Gasteiger partial charge in [-0.1, -0.05) is 30.3 Å². The van der Waals surface area contributed by atoms with Crippen LogP contribution in [0.25, 0.3) is 28.6 Å². The monoisotopic (exact) mass is 277 g/mol. The van der Waals surface area contributed by atoms with Gasteiger partial charge in [0, 0.05) is 5.56 Å². The lowest BCUT2D eigenvalue weighted by Crippen LogP contribution is -2.28. The first-order valence-electron chi connectivity index (χ1n) is 7.13. The number of rotatable bonds is 1. The molecule has 21 heavy (non-hydrogen) atoms. The van der Waals surface area contributed by atoms with Gasteiger partial charge in [0.15, 0.2) is 11.0 Å². The molecule has 1 aliphatic heterocycles. The van der Waals surface area contributed by atoms with E-state index >= 15 is 0 Å². The van der Waals surface area contributed by atoms with Crippen LogP contribution in [0.2, 0.25) is 0 Å². The smallest absolute Gasteiger partial charge is 0.294 e. The standard InChI is InChI=1S/C18H17N2O/c1-13-6-3-4-8-15(13)18-19(2)16-9-5-7-14-12-21-11-10-20(18)17(14)16/h3-11H,12H2,1-2H3/q+1. The number of hydrogen-bond acceptors (Lipinski definition) is 1. The number of benzene rings is 2. The minimum absolute atomic E-state index is 0.616. The van der Waals surface area contributed by atoms with Gasteiger partial charge in [0.05, 0.1) is 12.6 Å². The Morgan fingerprint density at radius 1 is 1.10 bits per heavy atom. The maximum atomic E-state index is 5.58. The Morgan fingerprint density at radius 3 is 2.81 bits per heavy atom. The number of aryl methyl sites for hydroxylation is 2. The fourth-order valence-electron chi connectivity index (χ4n) is 3.15. The van der Waals surface area contributed by atoms with Gasteiger partial charge >= 0.3 is 0 Å². The molecule has 0 saturated heterocycles. The van der Waals surface area contributed by atoms with Gasteiger partial charge < -0.3 is 4.74 Å². The topological polar surface area (TPSA) is 18.0 Å². The van der Waals surface area contributed by atoms with Crippen LogP contribution in [-0.2, 0) is 18.4 Å². The Labute approximate surface area is 123 Å². The van der Waals surface area contributed by atoms with E-state index in [9.17, 15) is 0 Å². The number of aromatic nitrogens is 2. The van der Waals surface area contributed by atoms with Crippen molar-refractivity contribution in [3.63, 3.8) is 0 Å². The molecule has 3 heteroatoms. The molecule has 2 aromatic carbocycles. The van der Waals surface area contributed by atoms with Crippen LogP contribution in [0, 0.1) is 6.92 Å². The molecule has 104 valence electrons. The highest BCUT2D eigenvalue weighted by atomic mass is 16.5. The maximum Gasteiger partial charge on any atom is 0.294 e. The molecule has 2 heterocycles. The average Bonchev–Trinajstić information content (AvgIpc) is 2.66. The van der Waals surface area contributed by atoms with E-state index in [4.69, 9.17) is 4.74 Å². The van der Waals surface area contributed by atoms with E-state index in [-0.39, 0.29) is 0 Å². The zero-order chi connectivity index (χ0) is 14.4. The number of nitrogens with zero attached hydrogens (tertiary/aromatic N) is 2.